The molecule has 1 aliphatic carbocycles. The van der Waals surface area contributed by atoms with Gasteiger partial charge in [0.25, 0.3) is 0 Å². The van der Waals surface area contributed by atoms with Crippen molar-refractivity contribution >= 4 is 39.8 Å². The van der Waals surface area contributed by atoms with E-state index in [1.54, 1.807) is 13.0 Å². The Kier molecular flexibility index (Phi) is 4.83. The Morgan fingerprint density at radius 1 is 1.25 bits per heavy atom. The van der Waals surface area contributed by atoms with Crippen LogP contribution >= 0.6 is 11.6 Å². The number of hydrogen-bond acceptors (Lipinski definition) is 4. The van der Waals surface area contributed by atoms with Gasteiger partial charge in [0.1, 0.15) is 17.5 Å². The van der Waals surface area contributed by atoms with Gasteiger partial charge in [0.2, 0.25) is 5.62 Å². The average Bonchev–Trinajstić information content (AvgIpc) is 3.51. The van der Waals surface area contributed by atoms with Gasteiger partial charge in [-0.3, -0.25) is 15.4 Å². The number of hydrogen-bond donors (Lipinski definition) is 2. The Labute approximate surface area is 190 Å². The van der Waals surface area contributed by atoms with E-state index in [-0.39, 0.29) is 21.9 Å². The Balaban J connectivity index is 1.74. The van der Waals surface area contributed by atoms with Crippen LogP contribution in [0.5, 0.6) is 0 Å². The van der Waals surface area contributed by atoms with E-state index in [2.05, 4.69) is 23.7 Å². The summed E-state index contributed by atoms with van der Waals surface area (Å²) in [6, 6.07) is 8.87. The first-order valence-electron chi connectivity index (χ1n) is 10.7. The van der Waals surface area contributed by atoms with Crippen LogP contribution in [-0.2, 0) is 6.42 Å². The van der Waals surface area contributed by atoms with Crippen molar-refractivity contribution < 1.29 is 4.39 Å². The molecule has 2 N–H and O–H groups in total. The highest BCUT2D eigenvalue weighted by atomic mass is 35.5. The number of rotatable bonds is 1. The first-order valence-corrected chi connectivity index (χ1v) is 11.1. The van der Waals surface area contributed by atoms with Crippen molar-refractivity contribution in [3.63, 3.8) is 0 Å². The maximum atomic E-state index is 14.5. The van der Waals surface area contributed by atoms with Crippen molar-refractivity contribution in [2.75, 3.05) is 11.4 Å². The van der Waals surface area contributed by atoms with E-state index in [0.717, 1.165) is 42.5 Å². The van der Waals surface area contributed by atoms with E-state index >= 15 is 0 Å². The van der Waals surface area contributed by atoms with Crippen molar-refractivity contribution in [2.24, 2.45) is 5.41 Å². The summed E-state index contributed by atoms with van der Waals surface area (Å²) >= 11 is 6.44. The number of nitrogens with one attached hydrogen (secondary N) is 2. The molecule has 162 valence electrons. The quantitative estimate of drug-likeness (QED) is 0.298. The topological polar surface area (TPSA) is 68.8 Å². The molecule has 3 aromatic rings. The molecule has 0 saturated heterocycles. The Morgan fingerprint density at radius 2 is 2.03 bits per heavy atom. The number of anilines is 2. The molecule has 2 heterocycles. The normalized spacial score (nSPS) is 16.3. The van der Waals surface area contributed by atoms with Crippen LogP contribution in [0.1, 0.15) is 44.2 Å². The van der Waals surface area contributed by atoms with Gasteiger partial charge in [-0.2, -0.15) is 4.98 Å². The molecule has 5 rings (SSSR count). The molecule has 5 nitrogen and oxygen atoms in total. The second-order valence-corrected chi connectivity index (χ2v) is 9.18. The van der Waals surface area contributed by atoms with E-state index in [9.17, 15) is 4.39 Å². The van der Waals surface area contributed by atoms with Gasteiger partial charge in [-0.1, -0.05) is 29.5 Å². The summed E-state index contributed by atoms with van der Waals surface area (Å²) in [7, 11) is 0. The zero-order valence-corrected chi connectivity index (χ0v) is 18.8. The minimum Gasteiger partial charge on any atom is -0.325 e. The van der Waals surface area contributed by atoms with Crippen LogP contribution in [0.15, 0.2) is 30.3 Å². The fraction of sp³-hybridized carbons (Fsp3) is 0.320. The van der Waals surface area contributed by atoms with E-state index in [1.807, 2.05) is 23.1 Å². The number of aromatic nitrogens is 2. The van der Waals surface area contributed by atoms with Crippen LogP contribution in [0, 0.1) is 33.9 Å². The summed E-state index contributed by atoms with van der Waals surface area (Å²) in [5, 5.41) is 16.9. The second kappa shape index (κ2) is 7.46. The van der Waals surface area contributed by atoms with Crippen molar-refractivity contribution in [1.82, 2.24) is 9.55 Å². The molecular weight excluding hydrogens is 425 g/mol. The zero-order valence-electron chi connectivity index (χ0n) is 18.0. The number of nitrogens with zero attached hydrogens (tertiary/aromatic N) is 3. The molecular formula is C25H23ClFN5. The second-order valence-electron chi connectivity index (χ2n) is 8.80. The largest absolute Gasteiger partial charge is 0.325 e. The molecule has 0 unspecified atom stereocenters. The SMILES string of the molecule is CC(=N)n1c(=N)nc(N2CCCc3c(C#CC4(C)CC4)cccc32)c2c(Cl)c(F)ccc21. The summed E-state index contributed by atoms with van der Waals surface area (Å²) in [5.74, 6) is 6.81. The van der Waals surface area contributed by atoms with Crippen molar-refractivity contribution in [3.05, 3.63) is 57.9 Å². The van der Waals surface area contributed by atoms with Crippen LogP contribution < -0.4 is 10.5 Å². The average molecular weight is 448 g/mol. The van der Waals surface area contributed by atoms with Gasteiger partial charge in [0, 0.05) is 23.2 Å². The highest BCUT2D eigenvalue weighted by Gasteiger charge is 2.35. The number of halogens is 2. The summed E-state index contributed by atoms with van der Waals surface area (Å²) in [4.78, 5) is 6.51. The van der Waals surface area contributed by atoms with Gasteiger partial charge in [-0.25, -0.2) is 4.39 Å². The smallest absolute Gasteiger partial charge is 0.230 e. The van der Waals surface area contributed by atoms with Gasteiger partial charge in [0.05, 0.1) is 15.9 Å². The molecule has 0 radical (unpaired) electrons. The minimum absolute atomic E-state index is 0.0512. The molecule has 1 fully saturated rings. The van der Waals surface area contributed by atoms with Crippen LogP contribution in [0.3, 0.4) is 0 Å². The molecule has 7 heteroatoms. The lowest BCUT2D eigenvalue weighted by Crippen LogP contribution is -2.33. The standard InChI is InChI=1S/C25H23ClFN5/c1-15(28)32-20-9-8-18(27)22(26)21(20)23(30-24(32)29)31-14-4-6-17-16(5-3-7-19(17)31)10-11-25(2)12-13-25/h3,5,7-9,28-29H,4,6,12-14H2,1-2H3. The monoisotopic (exact) mass is 447 g/mol. The van der Waals surface area contributed by atoms with Crippen LogP contribution in [0.25, 0.3) is 10.9 Å². The fourth-order valence-electron chi connectivity index (χ4n) is 4.29. The molecule has 0 spiro atoms. The minimum atomic E-state index is -0.552. The molecule has 0 bridgehead atoms. The third-order valence-corrected chi connectivity index (χ3v) is 6.67. The van der Waals surface area contributed by atoms with Crippen LogP contribution in [0.4, 0.5) is 15.9 Å². The van der Waals surface area contributed by atoms with Crippen molar-refractivity contribution in [1.29, 1.82) is 10.8 Å². The maximum absolute atomic E-state index is 14.5. The molecule has 1 saturated carbocycles. The van der Waals surface area contributed by atoms with Gasteiger partial charge >= 0.3 is 0 Å². The molecule has 0 amide bonds. The maximum Gasteiger partial charge on any atom is 0.230 e. The van der Waals surface area contributed by atoms with Crippen LogP contribution in [-0.4, -0.2) is 21.9 Å². The van der Waals surface area contributed by atoms with Gasteiger partial charge in [-0.05, 0) is 69.4 Å². The fourth-order valence-corrected chi connectivity index (χ4v) is 4.53. The number of fused-ring (bicyclic) bond motifs is 2. The van der Waals surface area contributed by atoms with Crippen molar-refractivity contribution in [2.45, 2.75) is 39.5 Å². The zero-order chi connectivity index (χ0) is 22.6. The molecule has 2 aromatic carbocycles. The predicted octanol–water partition coefficient (Wildman–Crippen LogP) is 5.39. The van der Waals surface area contributed by atoms with Crippen LogP contribution in [0.2, 0.25) is 5.02 Å². The molecule has 1 aromatic heterocycles. The number of benzene rings is 2. The van der Waals surface area contributed by atoms with Gasteiger partial charge in [0.15, 0.2) is 0 Å². The lowest BCUT2D eigenvalue weighted by Gasteiger charge is -2.32. The lowest BCUT2D eigenvalue weighted by atomic mass is 9.95. The van der Waals surface area contributed by atoms with E-state index in [0.29, 0.717) is 23.3 Å². The Bertz CT molecular complexity index is 1410. The Hall–Kier alpha value is -3.17. The first-order chi connectivity index (χ1) is 15.3. The van der Waals surface area contributed by atoms with Gasteiger partial charge in [-0.15, -0.1) is 0 Å². The highest BCUT2D eigenvalue weighted by molar-refractivity contribution is 6.36. The van der Waals surface area contributed by atoms with E-state index in [4.69, 9.17) is 22.4 Å². The lowest BCUT2D eigenvalue weighted by molar-refractivity contribution is 0.629. The molecule has 1 aliphatic heterocycles. The van der Waals surface area contributed by atoms with E-state index in [1.165, 1.54) is 10.6 Å². The third-order valence-electron chi connectivity index (χ3n) is 6.30. The summed E-state index contributed by atoms with van der Waals surface area (Å²) in [6.07, 6.45) is 4.06. The summed E-state index contributed by atoms with van der Waals surface area (Å²) in [5.41, 5.74) is 3.65. The third kappa shape index (κ3) is 3.37. The Morgan fingerprint density at radius 3 is 2.75 bits per heavy atom. The van der Waals surface area contributed by atoms with Crippen molar-refractivity contribution in [3.8, 4) is 11.8 Å². The first kappa shape index (κ1) is 20.7. The predicted molar refractivity (Wildman–Crippen MR) is 125 cm³/mol. The molecule has 2 aliphatic rings. The molecule has 32 heavy (non-hydrogen) atoms. The summed E-state index contributed by atoms with van der Waals surface area (Å²) in [6.45, 7) is 4.43. The highest BCUT2D eigenvalue weighted by Crippen LogP contribution is 2.44. The van der Waals surface area contributed by atoms with E-state index < -0.39 is 5.82 Å². The van der Waals surface area contributed by atoms with Gasteiger partial charge < -0.3 is 4.90 Å². The summed E-state index contributed by atoms with van der Waals surface area (Å²) < 4.78 is 15.9. The molecule has 0 atom stereocenters.